The lowest BCUT2D eigenvalue weighted by molar-refractivity contribution is -0.161. The molecule has 2 aromatic carbocycles. The van der Waals surface area contributed by atoms with Crippen molar-refractivity contribution in [3.05, 3.63) is 60.7 Å². The average molecular weight is 523 g/mol. The second kappa shape index (κ2) is 15.4. The van der Waals surface area contributed by atoms with Gasteiger partial charge in [-0.25, -0.2) is 0 Å². The van der Waals surface area contributed by atoms with E-state index >= 15 is 0 Å². The van der Waals surface area contributed by atoms with E-state index in [1.54, 1.807) is 60.7 Å². The van der Waals surface area contributed by atoms with Gasteiger partial charge in [0.05, 0.1) is 37.9 Å². The first-order chi connectivity index (χ1) is 16.8. The van der Waals surface area contributed by atoms with Crippen molar-refractivity contribution in [2.24, 2.45) is 0 Å². The molecule has 0 aliphatic rings. The zero-order chi connectivity index (χ0) is 25.5. The molecular formula is C22H26O11Si2. The van der Waals surface area contributed by atoms with Crippen molar-refractivity contribution in [3.63, 3.8) is 0 Å². The van der Waals surface area contributed by atoms with Crippen LogP contribution < -0.4 is 8.85 Å². The molecule has 0 amide bonds. The molecule has 188 valence electrons. The van der Waals surface area contributed by atoms with Gasteiger partial charge in [0.25, 0.3) is 0 Å². The predicted octanol–water partition coefficient (Wildman–Crippen LogP) is 0.712. The number of carbonyl (C=O) groups excluding carboxylic acids is 2. The maximum absolute atomic E-state index is 12.2. The average Bonchev–Trinajstić information content (AvgIpc) is 2.79. The van der Waals surface area contributed by atoms with Gasteiger partial charge in [0.1, 0.15) is 11.5 Å². The lowest BCUT2D eigenvalue weighted by Crippen LogP contribution is -2.29. The number of carboxylic acids is 2. The Morgan fingerprint density at radius 3 is 1.34 bits per heavy atom. The van der Waals surface area contributed by atoms with E-state index in [0.717, 1.165) is 0 Å². The zero-order valence-electron chi connectivity index (χ0n) is 18.7. The summed E-state index contributed by atoms with van der Waals surface area (Å²) in [4.78, 5) is 46.5. The van der Waals surface area contributed by atoms with Gasteiger partial charge in [0.2, 0.25) is 0 Å². The Balaban J connectivity index is 1.80. The van der Waals surface area contributed by atoms with Crippen molar-refractivity contribution in [1.29, 1.82) is 0 Å². The molecule has 0 aliphatic carbocycles. The maximum Gasteiger partial charge on any atom is 0.366 e. The number of benzene rings is 2. The summed E-state index contributed by atoms with van der Waals surface area (Å²) >= 11 is 0. The fourth-order valence-electron chi connectivity index (χ4n) is 2.78. The summed E-state index contributed by atoms with van der Waals surface area (Å²) in [5.41, 5.74) is 0. The molecule has 35 heavy (non-hydrogen) atoms. The molecule has 0 aliphatic heterocycles. The van der Waals surface area contributed by atoms with Crippen LogP contribution >= 0.6 is 0 Å². The van der Waals surface area contributed by atoms with Crippen molar-refractivity contribution in [3.8, 4) is 11.5 Å². The van der Waals surface area contributed by atoms with Crippen LogP contribution in [-0.2, 0) is 32.8 Å². The molecule has 0 spiro atoms. The number of rotatable bonds is 16. The Bertz CT molecular complexity index is 879. The van der Waals surface area contributed by atoms with Gasteiger partial charge in [0, 0.05) is 0 Å². The van der Waals surface area contributed by atoms with Crippen LogP contribution in [0.3, 0.4) is 0 Å². The molecule has 0 saturated carbocycles. The van der Waals surface area contributed by atoms with Gasteiger partial charge < -0.3 is 32.7 Å². The number of carbonyl (C=O) groups is 4. The first-order valence-corrected chi connectivity index (χ1v) is 12.9. The van der Waals surface area contributed by atoms with Crippen molar-refractivity contribution < 1.29 is 51.8 Å². The van der Waals surface area contributed by atoms with Crippen LogP contribution in [0.15, 0.2) is 60.7 Å². The molecule has 0 heterocycles. The molecule has 2 rings (SSSR count). The quantitative estimate of drug-likeness (QED) is 0.182. The van der Waals surface area contributed by atoms with Gasteiger partial charge in [-0.15, -0.1) is 0 Å². The van der Waals surface area contributed by atoms with Crippen LogP contribution in [0.4, 0.5) is 0 Å². The van der Waals surface area contributed by atoms with Gasteiger partial charge in [-0.05, 0) is 24.3 Å². The lowest BCUT2D eigenvalue weighted by Gasteiger charge is -2.17. The highest BCUT2D eigenvalue weighted by atomic mass is 28.3. The molecule has 0 bridgehead atoms. The van der Waals surface area contributed by atoms with Crippen LogP contribution in [0, 0.1) is 0 Å². The summed E-state index contributed by atoms with van der Waals surface area (Å²) in [5, 5.41) is 18.1. The first kappa shape index (κ1) is 27.7. The van der Waals surface area contributed by atoms with E-state index < -0.39 is 81.8 Å². The van der Waals surface area contributed by atoms with E-state index in [9.17, 15) is 19.2 Å². The fourth-order valence-corrected chi connectivity index (χ4v) is 4.43. The highest BCUT2D eigenvalue weighted by Gasteiger charge is 2.24. The molecule has 2 unspecified atom stereocenters. The highest BCUT2D eigenvalue weighted by Crippen LogP contribution is 2.12. The van der Waals surface area contributed by atoms with E-state index in [-0.39, 0.29) is 0 Å². The van der Waals surface area contributed by atoms with Gasteiger partial charge in [0.15, 0.2) is 0 Å². The fraction of sp³-hybridized carbons (Fsp3) is 0.273. The number of carboxylic acid groups (broad SMARTS) is 2. The molecule has 0 aromatic heterocycles. The largest absolute Gasteiger partial charge is 0.525 e. The van der Waals surface area contributed by atoms with Gasteiger partial charge >= 0.3 is 43.9 Å². The van der Waals surface area contributed by atoms with Crippen LogP contribution in [0.1, 0.15) is 25.7 Å². The monoisotopic (exact) mass is 522 g/mol. The van der Waals surface area contributed by atoms with Crippen molar-refractivity contribution in [1.82, 2.24) is 0 Å². The van der Waals surface area contributed by atoms with Crippen LogP contribution in [0.25, 0.3) is 0 Å². The summed E-state index contributed by atoms with van der Waals surface area (Å²) < 4.78 is 26.6. The smallest absolute Gasteiger partial charge is 0.366 e. The van der Waals surface area contributed by atoms with E-state index in [1.165, 1.54) is 0 Å². The Morgan fingerprint density at radius 2 is 1.00 bits per heavy atom. The van der Waals surface area contributed by atoms with Crippen molar-refractivity contribution in [2.75, 3.05) is 0 Å². The summed E-state index contributed by atoms with van der Waals surface area (Å²) in [5.74, 6) is -3.28. The topological polar surface area (TPSA) is 155 Å². The first-order valence-electron chi connectivity index (χ1n) is 10.6. The number of aliphatic carboxylic acids is 2. The third-order valence-electron chi connectivity index (χ3n) is 4.37. The van der Waals surface area contributed by atoms with E-state index in [1.807, 2.05) is 0 Å². The number of para-hydroxylation sites is 2. The summed E-state index contributed by atoms with van der Waals surface area (Å²) in [6.07, 6.45) is -4.02. The lowest BCUT2D eigenvalue weighted by atomic mass is 10.2. The Hall–Kier alpha value is -3.53. The minimum atomic E-state index is -1.66. The summed E-state index contributed by atoms with van der Waals surface area (Å²) in [7, 11) is -3.32. The standard InChI is InChI=1S/C22H26O11Si2/c23-19(24)11-17(32-34-30-15-7-3-1-4-8-15)13-21(27)29-22(28)14-18(12-20(25)26)33-35-31-16-9-5-2-6-10-16/h1-10,17-18H,11-14,34-35H2,(H,23,24)(H,25,26). The molecule has 13 heteroatoms. The number of hydrogen-bond donors (Lipinski definition) is 2. The SMILES string of the molecule is O=C(O)CC(CC(=O)OC(=O)CC(CC(=O)O)O[SiH2]Oc1ccccc1)O[SiH2]Oc1ccccc1. The Morgan fingerprint density at radius 1 is 0.629 bits per heavy atom. The van der Waals surface area contributed by atoms with Gasteiger partial charge in [-0.2, -0.15) is 0 Å². The number of hydrogen-bond acceptors (Lipinski definition) is 9. The van der Waals surface area contributed by atoms with Crippen molar-refractivity contribution in [2.45, 2.75) is 37.9 Å². The van der Waals surface area contributed by atoms with E-state index in [2.05, 4.69) is 0 Å². The molecule has 11 nitrogen and oxygen atoms in total. The number of ether oxygens (including phenoxy) is 1. The highest BCUT2D eigenvalue weighted by molar-refractivity contribution is 6.19. The second-order valence-corrected chi connectivity index (χ2v) is 8.89. The third-order valence-corrected chi connectivity index (χ3v) is 6.48. The molecule has 0 saturated heterocycles. The molecule has 2 atom stereocenters. The summed E-state index contributed by atoms with van der Waals surface area (Å²) in [6, 6.07) is 17.5. The molecule has 0 fully saturated rings. The van der Waals surface area contributed by atoms with E-state index in [4.69, 9.17) is 32.7 Å². The maximum atomic E-state index is 12.2. The summed E-state index contributed by atoms with van der Waals surface area (Å²) in [6.45, 7) is 0. The molecular weight excluding hydrogens is 496 g/mol. The predicted molar refractivity (Wildman–Crippen MR) is 126 cm³/mol. The Kier molecular flexibility index (Phi) is 12.2. The van der Waals surface area contributed by atoms with Crippen molar-refractivity contribution >= 4 is 43.9 Å². The normalized spacial score (nSPS) is 12.9. The minimum Gasteiger partial charge on any atom is -0.525 e. The second-order valence-electron chi connectivity index (χ2n) is 7.18. The number of esters is 2. The molecule has 2 aromatic rings. The minimum absolute atomic E-state index is 0.485. The molecule has 0 radical (unpaired) electrons. The van der Waals surface area contributed by atoms with Gasteiger partial charge in [-0.3, -0.25) is 19.2 Å². The van der Waals surface area contributed by atoms with Crippen LogP contribution in [0.5, 0.6) is 11.5 Å². The molecule has 2 N–H and O–H groups in total. The Labute approximate surface area is 206 Å². The zero-order valence-corrected chi connectivity index (χ0v) is 21.6. The van der Waals surface area contributed by atoms with Crippen LogP contribution in [0.2, 0.25) is 0 Å². The van der Waals surface area contributed by atoms with E-state index in [0.29, 0.717) is 11.5 Å². The van der Waals surface area contributed by atoms with Crippen LogP contribution in [-0.4, -0.2) is 66.3 Å². The van der Waals surface area contributed by atoms with Gasteiger partial charge in [-0.1, -0.05) is 36.4 Å². The third kappa shape index (κ3) is 12.5.